The van der Waals surface area contributed by atoms with Crippen LogP contribution in [-0.4, -0.2) is 38.6 Å². The van der Waals surface area contributed by atoms with E-state index in [0.717, 1.165) is 42.5 Å². The zero-order valence-corrected chi connectivity index (χ0v) is 17.0. The van der Waals surface area contributed by atoms with E-state index in [9.17, 15) is 19.2 Å². The highest BCUT2D eigenvalue weighted by molar-refractivity contribution is 9.09. The first-order valence-electron chi connectivity index (χ1n) is 7.74. The highest BCUT2D eigenvalue weighted by atomic mass is 79.9. The molecule has 132 valence electrons. The zero-order valence-electron chi connectivity index (χ0n) is 13.8. The zero-order chi connectivity index (χ0) is 17.7. The molecule has 1 atom stereocenters. The number of ketones is 2. The van der Waals surface area contributed by atoms with Gasteiger partial charge in [-0.1, -0.05) is 39.5 Å². The SMILES string of the molecule is CC(=O)CCBr.CC(=O)CCC1CCSC1=O.O=C1CCCS1. The largest absolute Gasteiger partial charge is 0.300 e. The highest BCUT2D eigenvalue weighted by Gasteiger charge is 2.24. The lowest BCUT2D eigenvalue weighted by Crippen LogP contribution is -2.06. The van der Waals surface area contributed by atoms with E-state index >= 15 is 0 Å². The van der Waals surface area contributed by atoms with Gasteiger partial charge in [-0.05, 0) is 33.1 Å². The fraction of sp³-hybridized carbons (Fsp3) is 0.750. The summed E-state index contributed by atoms with van der Waals surface area (Å²) in [6, 6.07) is 0. The molecule has 0 spiro atoms. The molecule has 4 nitrogen and oxygen atoms in total. The molecule has 2 heterocycles. The van der Waals surface area contributed by atoms with Crippen LogP contribution in [0.1, 0.15) is 52.4 Å². The van der Waals surface area contributed by atoms with Crippen LogP contribution in [-0.2, 0) is 19.2 Å². The molecule has 2 rings (SSSR count). The molecule has 0 amide bonds. The summed E-state index contributed by atoms with van der Waals surface area (Å²) in [4.78, 5) is 41.8. The van der Waals surface area contributed by atoms with E-state index < -0.39 is 0 Å². The third kappa shape index (κ3) is 14.0. The van der Waals surface area contributed by atoms with Gasteiger partial charge in [0.05, 0.1) is 0 Å². The Labute approximate surface area is 155 Å². The summed E-state index contributed by atoms with van der Waals surface area (Å²) in [7, 11) is 0. The number of carbonyl (C=O) groups is 4. The Bertz CT molecular complexity index is 405. The summed E-state index contributed by atoms with van der Waals surface area (Å²) in [5, 5.41) is 1.45. The molecule has 23 heavy (non-hydrogen) atoms. The fourth-order valence-corrected chi connectivity index (χ4v) is 4.22. The third-order valence-corrected chi connectivity index (χ3v) is 5.60. The second kappa shape index (κ2) is 14.2. The quantitative estimate of drug-likeness (QED) is 0.620. The predicted molar refractivity (Wildman–Crippen MR) is 101 cm³/mol. The van der Waals surface area contributed by atoms with Gasteiger partial charge in [0.15, 0.2) is 10.2 Å². The van der Waals surface area contributed by atoms with Crippen LogP contribution in [0.5, 0.6) is 0 Å². The molecule has 2 saturated heterocycles. The molecule has 0 aliphatic carbocycles. The Morgan fingerprint density at radius 2 is 1.74 bits per heavy atom. The van der Waals surface area contributed by atoms with Crippen LogP contribution >= 0.6 is 39.5 Å². The minimum Gasteiger partial charge on any atom is -0.300 e. The summed E-state index contributed by atoms with van der Waals surface area (Å²) in [5.41, 5.74) is 0. The van der Waals surface area contributed by atoms with Gasteiger partial charge >= 0.3 is 0 Å². The number of alkyl halides is 1. The molecule has 1 unspecified atom stereocenters. The van der Waals surface area contributed by atoms with E-state index in [1.165, 1.54) is 23.5 Å². The molecule has 2 fully saturated rings. The number of rotatable bonds is 5. The number of hydrogen-bond donors (Lipinski definition) is 0. The van der Waals surface area contributed by atoms with Gasteiger partial charge in [-0.25, -0.2) is 0 Å². The highest BCUT2D eigenvalue weighted by Crippen LogP contribution is 2.28. The molecular formula is C16H25BrO4S2. The smallest absolute Gasteiger partial charge is 0.192 e. The lowest BCUT2D eigenvalue weighted by Gasteiger charge is -2.02. The number of Topliss-reactive ketones (excluding diaryl/α,β-unsaturated/α-hetero) is 2. The molecular weight excluding hydrogens is 400 g/mol. The van der Waals surface area contributed by atoms with Crippen molar-refractivity contribution in [3.63, 3.8) is 0 Å². The van der Waals surface area contributed by atoms with Gasteiger partial charge < -0.3 is 4.79 Å². The van der Waals surface area contributed by atoms with Crippen molar-refractivity contribution < 1.29 is 19.2 Å². The van der Waals surface area contributed by atoms with Gasteiger partial charge in [-0.3, -0.25) is 14.4 Å². The number of hydrogen-bond acceptors (Lipinski definition) is 6. The van der Waals surface area contributed by atoms with Crippen molar-refractivity contribution >= 4 is 61.3 Å². The molecule has 7 heteroatoms. The van der Waals surface area contributed by atoms with Crippen LogP contribution in [0.2, 0.25) is 0 Å². The van der Waals surface area contributed by atoms with Crippen LogP contribution in [0.25, 0.3) is 0 Å². The van der Waals surface area contributed by atoms with E-state index in [1.807, 2.05) is 0 Å². The summed E-state index contributed by atoms with van der Waals surface area (Å²) >= 11 is 5.99. The van der Waals surface area contributed by atoms with Crippen molar-refractivity contribution in [2.45, 2.75) is 52.4 Å². The van der Waals surface area contributed by atoms with Gasteiger partial charge in [-0.2, -0.15) is 0 Å². The van der Waals surface area contributed by atoms with E-state index in [2.05, 4.69) is 15.9 Å². The Hall–Kier alpha value is -0.140. The normalized spacial score (nSPS) is 19.5. The Morgan fingerprint density at radius 1 is 1.09 bits per heavy atom. The van der Waals surface area contributed by atoms with Gasteiger partial charge in [0.1, 0.15) is 11.6 Å². The van der Waals surface area contributed by atoms with Crippen LogP contribution in [0.3, 0.4) is 0 Å². The maximum atomic E-state index is 11.0. The minimum absolute atomic E-state index is 0.170. The lowest BCUT2D eigenvalue weighted by molar-refractivity contribution is -0.118. The number of thioether (sulfide) groups is 2. The van der Waals surface area contributed by atoms with Gasteiger partial charge in [0, 0.05) is 42.0 Å². The maximum Gasteiger partial charge on any atom is 0.192 e. The Kier molecular flexibility index (Phi) is 14.1. The number of carbonyl (C=O) groups excluding carboxylic acids is 4. The molecule has 0 aromatic rings. The third-order valence-electron chi connectivity index (χ3n) is 3.12. The molecule has 0 N–H and O–H groups in total. The average molecular weight is 425 g/mol. The minimum atomic E-state index is 0.170. The van der Waals surface area contributed by atoms with Crippen LogP contribution in [0.15, 0.2) is 0 Å². The second-order valence-corrected chi connectivity index (χ2v) is 8.40. The first-order chi connectivity index (χ1) is 10.9. The van der Waals surface area contributed by atoms with E-state index in [1.54, 1.807) is 13.8 Å². The first-order valence-corrected chi connectivity index (χ1v) is 10.8. The fourth-order valence-electron chi connectivity index (χ4n) is 1.78. The van der Waals surface area contributed by atoms with Crippen molar-refractivity contribution in [2.75, 3.05) is 16.8 Å². The van der Waals surface area contributed by atoms with Crippen molar-refractivity contribution in [1.82, 2.24) is 0 Å². The first kappa shape index (κ1) is 22.9. The topological polar surface area (TPSA) is 68.3 Å². The maximum absolute atomic E-state index is 11.0. The van der Waals surface area contributed by atoms with Crippen LogP contribution in [0.4, 0.5) is 0 Å². The number of halogens is 1. The molecule has 0 bridgehead atoms. The van der Waals surface area contributed by atoms with E-state index in [0.29, 0.717) is 18.0 Å². The molecule has 2 aliphatic rings. The predicted octanol–water partition coefficient (Wildman–Crippen LogP) is 4.04. The van der Waals surface area contributed by atoms with Gasteiger partial charge in [0.25, 0.3) is 0 Å². The Morgan fingerprint density at radius 3 is 2.00 bits per heavy atom. The summed E-state index contributed by atoms with van der Waals surface area (Å²) in [6.07, 6.45) is 4.86. The van der Waals surface area contributed by atoms with E-state index in [4.69, 9.17) is 0 Å². The standard InChI is InChI=1S/C8H12O2S.C4H7BrO.C4H6OS/c1-6(9)2-3-7-4-5-11-8(7)10;1-4(6)2-3-5;5-4-2-1-3-6-4/h7H,2-5H2,1H3;2-3H2,1H3;1-3H2. The van der Waals surface area contributed by atoms with Gasteiger partial charge in [0.2, 0.25) is 0 Å². The molecule has 0 aromatic heterocycles. The second-order valence-electron chi connectivity index (χ2n) is 5.36. The molecule has 0 radical (unpaired) electrons. The monoisotopic (exact) mass is 424 g/mol. The molecule has 0 saturated carbocycles. The summed E-state index contributed by atoms with van der Waals surface area (Å²) in [5.74, 6) is 2.60. The van der Waals surface area contributed by atoms with Crippen LogP contribution < -0.4 is 0 Å². The Balaban J connectivity index is 0.000000344. The van der Waals surface area contributed by atoms with Crippen molar-refractivity contribution in [2.24, 2.45) is 5.92 Å². The molecule has 2 aliphatic heterocycles. The summed E-state index contributed by atoms with van der Waals surface area (Å²) in [6.45, 7) is 3.16. The van der Waals surface area contributed by atoms with Crippen molar-refractivity contribution in [3.05, 3.63) is 0 Å². The average Bonchev–Trinajstić information content (AvgIpc) is 3.09. The van der Waals surface area contributed by atoms with Crippen molar-refractivity contribution in [3.8, 4) is 0 Å². The van der Waals surface area contributed by atoms with Crippen LogP contribution in [0, 0.1) is 5.92 Å². The van der Waals surface area contributed by atoms with Crippen molar-refractivity contribution in [1.29, 1.82) is 0 Å². The molecule has 0 aromatic carbocycles. The summed E-state index contributed by atoms with van der Waals surface area (Å²) < 4.78 is 0. The van der Waals surface area contributed by atoms with E-state index in [-0.39, 0.29) is 22.6 Å². The van der Waals surface area contributed by atoms with Gasteiger partial charge in [-0.15, -0.1) is 0 Å². The lowest BCUT2D eigenvalue weighted by atomic mass is 10.0.